The van der Waals surface area contributed by atoms with Gasteiger partial charge < -0.3 is 5.11 Å². The van der Waals surface area contributed by atoms with Crippen LogP contribution in [0.2, 0.25) is 0 Å². The number of carbonyl (C=O) groups excluding carboxylic acids is 2. The van der Waals surface area contributed by atoms with Gasteiger partial charge in [-0.1, -0.05) is 27.7 Å². The molecule has 0 spiro atoms. The van der Waals surface area contributed by atoms with Crippen LogP contribution in [0.25, 0.3) is 0 Å². The third-order valence-electron chi connectivity index (χ3n) is 7.40. The highest BCUT2D eigenvalue weighted by Gasteiger charge is 2.63. The first kappa shape index (κ1) is 15.8. The van der Waals surface area contributed by atoms with Crippen LogP contribution in [0.5, 0.6) is 0 Å². The van der Waals surface area contributed by atoms with E-state index >= 15 is 0 Å². The summed E-state index contributed by atoms with van der Waals surface area (Å²) in [5, 5.41) is 10.4. The molecule has 0 aromatic carbocycles. The number of rotatable bonds is 1. The van der Waals surface area contributed by atoms with Gasteiger partial charge in [-0.05, 0) is 43.4 Å². The van der Waals surface area contributed by atoms with Crippen molar-refractivity contribution in [3.63, 3.8) is 0 Å². The molecule has 3 heteroatoms. The Hall–Kier alpha value is -1.12. The van der Waals surface area contributed by atoms with Gasteiger partial charge >= 0.3 is 0 Å². The van der Waals surface area contributed by atoms with E-state index in [-0.39, 0.29) is 27.9 Å². The number of aliphatic hydroxyl groups is 1. The third kappa shape index (κ3) is 1.74. The summed E-state index contributed by atoms with van der Waals surface area (Å²) in [5.74, 6) is 1.30. The molecule has 3 aliphatic rings. The second kappa shape index (κ2) is 4.46. The lowest BCUT2D eigenvalue weighted by Gasteiger charge is -2.60. The Morgan fingerprint density at radius 1 is 1.14 bits per heavy atom. The fraction of sp³-hybridized carbons (Fsp3) is 0.789. The van der Waals surface area contributed by atoms with Crippen LogP contribution in [0.1, 0.15) is 66.7 Å². The van der Waals surface area contributed by atoms with Crippen LogP contribution >= 0.6 is 0 Å². The lowest BCUT2D eigenvalue weighted by Crippen LogP contribution is -2.56. The molecule has 3 rings (SSSR count). The molecule has 0 aromatic rings. The topological polar surface area (TPSA) is 54.4 Å². The predicted molar refractivity (Wildman–Crippen MR) is 85.4 cm³/mol. The van der Waals surface area contributed by atoms with Gasteiger partial charge in [-0.25, -0.2) is 0 Å². The number of aliphatic hydroxyl groups excluding tert-OH is 1. The van der Waals surface area contributed by atoms with Crippen molar-refractivity contribution in [2.75, 3.05) is 0 Å². The van der Waals surface area contributed by atoms with E-state index in [2.05, 4.69) is 27.7 Å². The van der Waals surface area contributed by atoms with Gasteiger partial charge in [0.05, 0.1) is 5.76 Å². The molecule has 2 fully saturated rings. The third-order valence-corrected chi connectivity index (χ3v) is 7.40. The quantitative estimate of drug-likeness (QED) is 0.789. The van der Waals surface area contributed by atoms with Crippen LogP contribution in [0.15, 0.2) is 11.3 Å². The molecular formula is C19H28O3. The van der Waals surface area contributed by atoms with E-state index in [0.717, 1.165) is 19.3 Å². The number of Topliss-reactive ketones (excluding diaryl/α,β-unsaturated/α-hetero) is 2. The highest BCUT2D eigenvalue weighted by Crippen LogP contribution is 2.68. The van der Waals surface area contributed by atoms with Gasteiger partial charge in [-0.2, -0.15) is 0 Å². The zero-order valence-corrected chi connectivity index (χ0v) is 14.5. The highest BCUT2D eigenvalue weighted by molar-refractivity contribution is 5.96. The number of allylic oxidation sites excluding steroid dienone is 2. The molecule has 0 unspecified atom stereocenters. The smallest absolute Gasteiger partial charge is 0.159 e. The van der Waals surface area contributed by atoms with Gasteiger partial charge in [0.2, 0.25) is 0 Å². The van der Waals surface area contributed by atoms with Crippen molar-refractivity contribution in [2.24, 2.45) is 28.1 Å². The van der Waals surface area contributed by atoms with E-state index in [0.29, 0.717) is 35.9 Å². The maximum absolute atomic E-state index is 12.4. The average Bonchev–Trinajstić information content (AvgIpc) is 2.67. The van der Waals surface area contributed by atoms with Crippen molar-refractivity contribution in [3.05, 3.63) is 11.3 Å². The second-order valence-corrected chi connectivity index (χ2v) is 8.79. The number of ketones is 2. The molecule has 3 aliphatic carbocycles. The van der Waals surface area contributed by atoms with Crippen molar-refractivity contribution >= 4 is 11.6 Å². The van der Waals surface area contributed by atoms with E-state index in [1.165, 1.54) is 0 Å². The van der Waals surface area contributed by atoms with E-state index in [4.69, 9.17) is 0 Å². The first-order valence-electron chi connectivity index (χ1n) is 8.52. The van der Waals surface area contributed by atoms with Gasteiger partial charge in [-0.3, -0.25) is 9.59 Å². The first-order valence-corrected chi connectivity index (χ1v) is 8.52. The Balaban J connectivity index is 2.06. The van der Waals surface area contributed by atoms with Gasteiger partial charge in [0.1, 0.15) is 5.78 Å². The average molecular weight is 304 g/mol. The van der Waals surface area contributed by atoms with Crippen molar-refractivity contribution in [2.45, 2.75) is 66.7 Å². The molecule has 3 nitrogen and oxygen atoms in total. The van der Waals surface area contributed by atoms with Crippen LogP contribution in [0.4, 0.5) is 0 Å². The summed E-state index contributed by atoms with van der Waals surface area (Å²) < 4.78 is 0. The molecule has 122 valence electrons. The van der Waals surface area contributed by atoms with Crippen LogP contribution in [-0.4, -0.2) is 16.7 Å². The molecule has 0 heterocycles. The summed E-state index contributed by atoms with van der Waals surface area (Å²) in [7, 11) is 0. The number of hydrogen-bond donors (Lipinski definition) is 1. The lowest BCUT2D eigenvalue weighted by atomic mass is 9.43. The first-order chi connectivity index (χ1) is 10.0. The zero-order chi connectivity index (χ0) is 16.5. The number of hydrogen-bond acceptors (Lipinski definition) is 3. The predicted octanol–water partition coefficient (Wildman–Crippen LogP) is 4.22. The van der Waals surface area contributed by atoms with Crippen molar-refractivity contribution in [1.29, 1.82) is 0 Å². The molecule has 4 atom stereocenters. The SMILES string of the molecule is CC(=O)C1=C(O)C[C@H]2[C@@]3(C)CCC(=O)C(C)(C)[C@@H]3CC[C@]12C. The summed E-state index contributed by atoms with van der Waals surface area (Å²) in [6, 6.07) is 0. The largest absolute Gasteiger partial charge is 0.512 e. The minimum Gasteiger partial charge on any atom is -0.512 e. The summed E-state index contributed by atoms with van der Waals surface area (Å²) in [6.45, 7) is 10.2. The van der Waals surface area contributed by atoms with E-state index < -0.39 is 0 Å². The molecule has 1 N–H and O–H groups in total. The van der Waals surface area contributed by atoms with E-state index in [1.807, 2.05) is 0 Å². The summed E-state index contributed by atoms with van der Waals surface area (Å²) >= 11 is 0. The van der Waals surface area contributed by atoms with Crippen LogP contribution < -0.4 is 0 Å². The molecule has 2 saturated carbocycles. The van der Waals surface area contributed by atoms with Gasteiger partial charge in [0.25, 0.3) is 0 Å². The molecule has 0 saturated heterocycles. The van der Waals surface area contributed by atoms with Crippen molar-refractivity contribution < 1.29 is 14.7 Å². The highest BCUT2D eigenvalue weighted by atomic mass is 16.3. The van der Waals surface area contributed by atoms with Gasteiger partial charge in [0, 0.05) is 29.2 Å². The van der Waals surface area contributed by atoms with E-state index in [9.17, 15) is 14.7 Å². The van der Waals surface area contributed by atoms with Crippen LogP contribution in [0.3, 0.4) is 0 Å². The minimum absolute atomic E-state index is 0.00990. The molecule has 22 heavy (non-hydrogen) atoms. The number of carbonyl (C=O) groups is 2. The lowest BCUT2D eigenvalue weighted by molar-refractivity contribution is -0.155. The fourth-order valence-corrected chi connectivity index (χ4v) is 6.34. The normalized spacial score (nSPS) is 43.8. The standard InChI is InChI=1S/C19H28O3/c1-11(20)16-12(21)10-14-18(4)9-7-15(22)17(2,3)13(18)6-8-19(14,16)5/h13-14,21H,6-10H2,1-5H3/t13-,14-,18-,19-/m0/s1. The molecule has 0 amide bonds. The Bertz CT molecular complexity index is 585. The fourth-order valence-electron chi connectivity index (χ4n) is 6.34. The summed E-state index contributed by atoms with van der Waals surface area (Å²) in [4.78, 5) is 24.5. The molecule has 0 aliphatic heterocycles. The summed E-state index contributed by atoms with van der Waals surface area (Å²) in [5.41, 5.74) is 0.169. The van der Waals surface area contributed by atoms with Crippen LogP contribution in [-0.2, 0) is 9.59 Å². The maximum atomic E-state index is 12.4. The Morgan fingerprint density at radius 2 is 1.77 bits per heavy atom. The minimum atomic E-state index is -0.289. The number of fused-ring (bicyclic) bond motifs is 3. The van der Waals surface area contributed by atoms with Crippen molar-refractivity contribution in [3.8, 4) is 0 Å². The molecule has 0 radical (unpaired) electrons. The van der Waals surface area contributed by atoms with Gasteiger partial charge in [-0.15, -0.1) is 0 Å². The second-order valence-electron chi connectivity index (χ2n) is 8.79. The van der Waals surface area contributed by atoms with Crippen molar-refractivity contribution in [1.82, 2.24) is 0 Å². The Morgan fingerprint density at radius 3 is 2.36 bits per heavy atom. The maximum Gasteiger partial charge on any atom is 0.159 e. The van der Waals surface area contributed by atoms with Gasteiger partial charge in [0.15, 0.2) is 5.78 Å². The molecular weight excluding hydrogens is 276 g/mol. The zero-order valence-electron chi connectivity index (χ0n) is 14.5. The Kier molecular flexibility index (Phi) is 3.19. The van der Waals surface area contributed by atoms with Crippen LogP contribution in [0, 0.1) is 28.1 Å². The Labute approximate surface area is 133 Å². The summed E-state index contributed by atoms with van der Waals surface area (Å²) in [6.07, 6.45) is 3.98. The van der Waals surface area contributed by atoms with E-state index in [1.54, 1.807) is 6.92 Å². The molecule has 0 aromatic heterocycles. The monoisotopic (exact) mass is 304 g/mol. The molecule has 0 bridgehead atoms.